The number of rotatable bonds is 0. The van der Waals surface area contributed by atoms with E-state index in [1.54, 1.807) is 27.7 Å². The first-order valence-corrected chi connectivity index (χ1v) is 10.5. The first-order chi connectivity index (χ1) is 11.8. The number of aliphatic hydroxyl groups excluding tert-OH is 4. The Balaban J connectivity index is -0.0000000873. The van der Waals surface area contributed by atoms with Crippen molar-refractivity contribution in [3.8, 4) is 0 Å². The van der Waals surface area contributed by atoms with E-state index in [1.807, 2.05) is 83.1 Å². The summed E-state index contributed by atoms with van der Waals surface area (Å²) >= 11 is 0. The summed E-state index contributed by atoms with van der Waals surface area (Å²) in [4.78, 5) is 0. The van der Waals surface area contributed by atoms with Gasteiger partial charge in [0.2, 0.25) is 0 Å². The second-order valence-corrected chi connectivity index (χ2v) is 12.2. The summed E-state index contributed by atoms with van der Waals surface area (Å²) in [7, 11) is 0. The smallest absolute Gasteiger partial charge is 0.0560 e. The van der Waals surface area contributed by atoms with Crippen LogP contribution < -0.4 is 0 Å². The van der Waals surface area contributed by atoms with Gasteiger partial charge in [-0.25, -0.2) is 0 Å². The summed E-state index contributed by atoms with van der Waals surface area (Å²) in [6, 6.07) is 0. The van der Waals surface area contributed by atoms with Gasteiger partial charge >= 0.3 is 0 Å². The van der Waals surface area contributed by atoms with Gasteiger partial charge in [0, 0.05) is 17.4 Å². The molecular formula is C24H56CrO4. The second-order valence-electron chi connectivity index (χ2n) is 12.2. The Hall–Kier alpha value is 0.372. The van der Waals surface area contributed by atoms with Crippen molar-refractivity contribution in [2.24, 2.45) is 21.7 Å². The molecule has 0 radical (unpaired) electrons. The van der Waals surface area contributed by atoms with Gasteiger partial charge in [-0.05, 0) is 49.4 Å². The Bertz CT molecular complexity index is 277. The molecule has 5 heteroatoms. The Kier molecular flexibility index (Phi) is 22.1. The average molecular weight is 461 g/mol. The minimum atomic E-state index is -0.201. The molecule has 0 aromatic carbocycles. The molecule has 0 aromatic rings. The molecule has 0 amide bonds. The normalized spacial score (nSPS) is 16.1. The van der Waals surface area contributed by atoms with Crippen LogP contribution in [-0.4, -0.2) is 44.8 Å². The third kappa shape index (κ3) is 33.2. The van der Waals surface area contributed by atoms with Gasteiger partial charge in [0.15, 0.2) is 0 Å². The molecule has 0 aliphatic rings. The van der Waals surface area contributed by atoms with Crippen molar-refractivity contribution < 1.29 is 37.8 Å². The number of aliphatic hydroxyl groups is 4. The van der Waals surface area contributed by atoms with Crippen LogP contribution in [0, 0.1) is 21.7 Å². The quantitative estimate of drug-likeness (QED) is 0.376. The van der Waals surface area contributed by atoms with Crippen molar-refractivity contribution in [1.29, 1.82) is 0 Å². The van der Waals surface area contributed by atoms with Crippen LogP contribution in [0.2, 0.25) is 0 Å². The second kappa shape index (κ2) is 16.1. The zero-order valence-electron chi connectivity index (χ0n) is 22.5. The molecule has 0 spiro atoms. The first kappa shape index (κ1) is 39.8. The minimum Gasteiger partial charge on any atom is -0.393 e. The van der Waals surface area contributed by atoms with Gasteiger partial charge in [-0.1, -0.05) is 83.1 Å². The van der Waals surface area contributed by atoms with E-state index in [-0.39, 0.29) is 63.4 Å². The maximum Gasteiger partial charge on any atom is 0.0560 e. The van der Waals surface area contributed by atoms with Crippen molar-refractivity contribution in [2.45, 2.75) is 135 Å². The maximum absolute atomic E-state index is 8.89. The van der Waals surface area contributed by atoms with E-state index in [0.717, 1.165) is 0 Å². The zero-order chi connectivity index (χ0) is 24.3. The van der Waals surface area contributed by atoms with Gasteiger partial charge < -0.3 is 20.4 Å². The van der Waals surface area contributed by atoms with Gasteiger partial charge in [-0.15, -0.1) is 0 Å². The number of hydrogen-bond acceptors (Lipinski definition) is 4. The predicted molar refractivity (Wildman–Crippen MR) is 125 cm³/mol. The van der Waals surface area contributed by atoms with Gasteiger partial charge in [-0.2, -0.15) is 0 Å². The van der Waals surface area contributed by atoms with Crippen LogP contribution >= 0.6 is 0 Å². The van der Waals surface area contributed by atoms with Crippen LogP contribution in [0.3, 0.4) is 0 Å². The molecule has 0 fully saturated rings. The van der Waals surface area contributed by atoms with E-state index in [0.29, 0.717) is 0 Å². The topological polar surface area (TPSA) is 80.9 Å². The Morgan fingerprint density at radius 1 is 0.345 bits per heavy atom. The summed E-state index contributed by atoms with van der Waals surface area (Å²) in [6.45, 7) is 31.4. The molecule has 29 heavy (non-hydrogen) atoms. The summed E-state index contributed by atoms with van der Waals surface area (Å²) in [5.41, 5.74) is 0.222. The van der Waals surface area contributed by atoms with Gasteiger partial charge in [0.1, 0.15) is 0 Å². The van der Waals surface area contributed by atoms with E-state index < -0.39 is 0 Å². The third-order valence-electron chi connectivity index (χ3n) is 5.01. The van der Waals surface area contributed by atoms with Crippen molar-refractivity contribution in [1.82, 2.24) is 0 Å². The van der Waals surface area contributed by atoms with E-state index >= 15 is 0 Å². The van der Waals surface area contributed by atoms with Crippen molar-refractivity contribution >= 4 is 0 Å². The van der Waals surface area contributed by atoms with Gasteiger partial charge in [0.05, 0.1) is 24.4 Å². The molecule has 4 unspecified atom stereocenters. The standard InChI is InChI=1S/4C6H14O.Cr/c4*1-5(7)6(2,3)4;/h4*5,7H,1-4H3;. The minimum absolute atomic E-state index is 0. The fourth-order valence-corrected chi connectivity index (χ4v) is 0. The summed E-state index contributed by atoms with van der Waals surface area (Å²) in [6.07, 6.45) is -0.806. The van der Waals surface area contributed by atoms with Crippen LogP contribution in [0.4, 0.5) is 0 Å². The van der Waals surface area contributed by atoms with E-state index in [4.69, 9.17) is 20.4 Å². The van der Waals surface area contributed by atoms with Crippen molar-refractivity contribution in [3.05, 3.63) is 0 Å². The van der Waals surface area contributed by atoms with Crippen LogP contribution in [0.1, 0.15) is 111 Å². The first-order valence-electron chi connectivity index (χ1n) is 10.5. The number of hydrogen-bond donors (Lipinski definition) is 4. The molecule has 182 valence electrons. The van der Waals surface area contributed by atoms with Crippen molar-refractivity contribution in [2.75, 3.05) is 0 Å². The summed E-state index contributed by atoms with van der Waals surface area (Å²) in [5.74, 6) is 0. The largest absolute Gasteiger partial charge is 0.393 e. The zero-order valence-corrected chi connectivity index (χ0v) is 23.8. The van der Waals surface area contributed by atoms with Crippen molar-refractivity contribution in [3.63, 3.8) is 0 Å². The molecule has 0 bridgehead atoms. The maximum atomic E-state index is 8.89. The fourth-order valence-electron chi connectivity index (χ4n) is 0. The van der Waals surface area contributed by atoms with Gasteiger partial charge in [-0.3, -0.25) is 0 Å². The molecule has 0 aliphatic carbocycles. The van der Waals surface area contributed by atoms with Crippen LogP contribution in [0.25, 0.3) is 0 Å². The van der Waals surface area contributed by atoms with E-state index in [2.05, 4.69) is 0 Å². The molecule has 0 heterocycles. The Morgan fingerprint density at radius 3 is 0.379 bits per heavy atom. The third-order valence-corrected chi connectivity index (χ3v) is 5.01. The van der Waals surface area contributed by atoms with Gasteiger partial charge in [0.25, 0.3) is 0 Å². The molecule has 4 atom stereocenters. The average Bonchev–Trinajstić information content (AvgIpc) is 2.35. The fraction of sp³-hybridized carbons (Fsp3) is 1.00. The molecule has 0 saturated carbocycles. The Morgan fingerprint density at radius 2 is 0.379 bits per heavy atom. The van der Waals surface area contributed by atoms with E-state index in [9.17, 15) is 0 Å². The summed E-state index contributed by atoms with van der Waals surface area (Å²) in [5, 5.41) is 35.6. The molecular weight excluding hydrogens is 404 g/mol. The Labute approximate surface area is 194 Å². The molecule has 4 N–H and O–H groups in total. The molecule has 0 saturated heterocycles. The molecule has 0 aromatic heterocycles. The summed E-state index contributed by atoms with van der Waals surface area (Å²) < 4.78 is 0. The van der Waals surface area contributed by atoms with Crippen LogP contribution in [-0.2, 0) is 17.4 Å². The monoisotopic (exact) mass is 460 g/mol. The molecule has 4 nitrogen and oxygen atoms in total. The SMILES string of the molecule is CC(O)C(C)(C)C.CC(O)C(C)(C)C.CC(O)C(C)(C)C.CC(O)C(C)(C)C.[Cr]. The molecule has 0 rings (SSSR count). The predicted octanol–water partition coefficient (Wildman–Crippen LogP) is 5.65. The van der Waals surface area contributed by atoms with Crippen LogP contribution in [0.5, 0.6) is 0 Å². The molecule has 0 aliphatic heterocycles. The van der Waals surface area contributed by atoms with E-state index in [1.165, 1.54) is 0 Å². The van der Waals surface area contributed by atoms with Crippen LogP contribution in [0.15, 0.2) is 0 Å².